The van der Waals surface area contributed by atoms with Crippen LogP contribution >= 0.6 is 12.4 Å². The van der Waals surface area contributed by atoms with Crippen molar-refractivity contribution in [3.8, 4) is 11.3 Å². The van der Waals surface area contributed by atoms with Crippen LogP contribution in [0.15, 0.2) is 40.9 Å². The molecule has 2 fully saturated rings. The van der Waals surface area contributed by atoms with Crippen molar-refractivity contribution in [1.82, 2.24) is 10.3 Å². The highest BCUT2D eigenvalue weighted by Gasteiger charge is 2.49. The summed E-state index contributed by atoms with van der Waals surface area (Å²) in [6.07, 6.45) is 5.11. The Morgan fingerprint density at radius 1 is 1.28 bits per heavy atom. The van der Waals surface area contributed by atoms with Crippen LogP contribution in [0.2, 0.25) is 0 Å². The van der Waals surface area contributed by atoms with Gasteiger partial charge in [-0.3, -0.25) is 4.79 Å². The number of nitrogens with one attached hydrogen (secondary N) is 1. The van der Waals surface area contributed by atoms with Crippen molar-refractivity contribution < 1.29 is 9.21 Å². The average molecular weight is 362 g/mol. The van der Waals surface area contributed by atoms with Gasteiger partial charge in [-0.05, 0) is 38.0 Å². The molecule has 1 aromatic carbocycles. The Balaban J connectivity index is 0.00000182. The average Bonchev–Trinajstić information content (AvgIpc) is 3.31. The summed E-state index contributed by atoms with van der Waals surface area (Å²) in [5, 5.41) is 3.04. The molecular weight excluding hydrogens is 338 g/mol. The number of rotatable bonds is 4. The summed E-state index contributed by atoms with van der Waals surface area (Å²) in [7, 11) is 0. The maximum Gasteiger partial charge on any atom is 0.225 e. The number of hydrogen-bond acceptors (Lipinski definition) is 4. The van der Waals surface area contributed by atoms with E-state index >= 15 is 0 Å². The third-order valence-corrected chi connectivity index (χ3v) is 5.59. The van der Waals surface area contributed by atoms with Gasteiger partial charge in [0.05, 0.1) is 12.1 Å². The van der Waals surface area contributed by atoms with Crippen LogP contribution < -0.4 is 11.1 Å². The number of amides is 1. The summed E-state index contributed by atoms with van der Waals surface area (Å²) in [5.74, 6) is 2.19. The van der Waals surface area contributed by atoms with Crippen molar-refractivity contribution in [2.24, 2.45) is 23.5 Å². The molecule has 1 heterocycles. The van der Waals surface area contributed by atoms with E-state index in [1.807, 2.05) is 37.3 Å². The SMILES string of the molecule is CC(NC(=O)C1C2CCC(C2)C1N)c1ncc(-c2ccccc2)o1.Cl. The molecule has 134 valence electrons. The van der Waals surface area contributed by atoms with Crippen molar-refractivity contribution in [2.75, 3.05) is 0 Å². The van der Waals surface area contributed by atoms with E-state index in [0.717, 1.165) is 18.4 Å². The van der Waals surface area contributed by atoms with Gasteiger partial charge in [0.15, 0.2) is 5.76 Å². The molecule has 4 rings (SSSR count). The van der Waals surface area contributed by atoms with Crippen LogP contribution in [-0.2, 0) is 4.79 Å². The molecule has 5 atom stereocenters. The molecule has 2 bridgehead atoms. The molecule has 0 radical (unpaired) electrons. The van der Waals surface area contributed by atoms with Crippen molar-refractivity contribution in [3.05, 3.63) is 42.4 Å². The summed E-state index contributed by atoms with van der Waals surface area (Å²) in [6, 6.07) is 9.56. The maximum atomic E-state index is 12.6. The molecule has 2 aromatic rings. The Bertz CT molecular complexity index is 731. The third-order valence-electron chi connectivity index (χ3n) is 5.59. The van der Waals surface area contributed by atoms with E-state index in [0.29, 0.717) is 23.5 Å². The predicted octanol–water partition coefficient (Wildman–Crippen LogP) is 3.31. The van der Waals surface area contributed by atoms with Crippen LogP contribution in [-0.4, -0.2) is 16.9 Å². The minimum absolute atomic E-state index is 0. The van der Waals surface area contributed by atoms with E-state index in [-0.39, 0.29) is 36.3 Å². The number of carbonyl (C=O) groups is 1. The minimum Gasteiger partial charge on any atom is -0.438 e. The first kappa shape index (κ1) is 18.0. The lowest BCUT2D eigenvalue weighted by Gasteiger charge is -2.27. The number of benzene rings is 1. The van der Waals surface area contributed by atoms with Gasteiger partial charge in [-0.1, -0.05) is 30.3 Å². The minimum atomic E-state index is -0.263. The van der Waals surface area contributed by atoms with E-state index in [1.165, 1.54) is 6.42 Å². The van der Waals surface area contributed by atoms with Crippen LogP contribution in [0.5, 0.6) is 0 Å². The van der Waals surface area contributed by atoms with E-state index < -0.39 is 0 Å². The van der Waals surface area contributed by atoms with Crippen molar-refractivity contribution in [2.45, 2.75) is 38.3 Å². The van der Waals surface area contributed by atoms with Crippen LogP contribution in [0.25, 0.3) is 11.3 Å². The molecule has 2 aliphatic carbocycles. The summed E-state index contributed by atoms with van der Waals surface area (Å²) in [6.45, 7) is 1.90. The standard InChI is InChI=1S/C19H23N3O2.ClH/c1-11(19-21-10-15(24-19)12-5-3-2-4-6-12)22-18(23)16-13-7-8-14(9-13)17(16)20;/h2-6,10-11,13-14,16-17H,7-9,20H2,1H3,(H,22,23);1H. The van der Waals surface area contributed by atoms with E-state index in [2.05, 4.69) is 10.3 Å². The van der Waals surface area contributed by atoms with Crippen molar-refractivity contribution >= 4 is 18.3 Å². The Hall–Kier alpha value is -1.85. The van der Waals surface area contributed by atoms with Gasteiger partial charge in [0.25, 0.3) is 0 Å². The largest absolute Gasteiger partial charge is 0.438 e. The first-order valence-electron chi connectivity index (χ1n) is 8.70. The molecule has 6 heteroatoms. The van der Waals surface area contributed by atoms with Crippen molar-refractivity contribution in [3.63, 3.8) is 0 Å². The highest BCUT2D eigenvalue weighted by molar-refractivity contribution is 5.85. The lowest BCUT2D eigenvalue weighted by Crippen LogP contribution is -2.45. The van der Waals surface area contributed by atoms with E-state index in [9.17, 15) is 4.79 Å². The lowest BCUT2D eigenvalue weighted by molar-refractivity contribution is -0.127. The molecule has 25 heavy (non-hydrogen) atoms. The lowest BCUT2D eigenvalue weighted by atomic mass is 9.84. The fourth-order valence-electron chi connectivity index (χ4n) is 4.32. The highest BCUT2D eigenvalue weighted by atomic mass is 35.5. The molecule has 2 aliphatic rings. The van der Waals surface area contributed by atoms with E-state index in [1.54, 1.807) is 6.20 Å². The topological polar surface area (TPSA) is 81.2 Å². The highest BCUT2D eigenvalue weighted by Crippen LogP contribution is 2.47. The number of aromatic nitrogens is 1. The van der Waals surface area contributed by atoms with Crippen LogP contribution in [0.1, 0.15) is 38.1 Å². The van der Waals surface area contributed by atoms with Crippen LogP contribution in [0.3, 0.4) is 0 Å². The molecular formula is C19H24ClN3O2. The Labute approximate surface area is 153 Å². The summed E-state index contributed by atoms with van der Waals surface area (Å²) >= 11 is 0. The fourth-order valence-corrected chi connectivity index (χ4v) is 4.32. The number of oxazole rings is 1. The van der Waals surface area contributed by atoms with Gasteiger partial charge in [0.1, 0.15) is 6.04 Å². The van der Waals surface area contributed by atoms with Crippen molar-refractivity contribution in [1.29, 1.82) is 0 Å². The van der Waals surface area contributed by atoms with Gasteiger partial charge < -0.3 is 15.5 Å². The normalized spacial score (nSPS) is 28.4. The summed E-state index contributed by atoms with van der Waals surface area (Å²) in [4.78, 5) is 17.0. The molecule has 5 nitrogen and oxygen atoms in total. The monoisotopic (exact) mass is 361 g/mol. The second-order valence-corrected chi connectivity index (χ2v) is 7.10. The number of halogens is 1. The molecule has 1 amide bonds. The third kappa shape index (κ3) is 3.31. The van der Waals surface area contributed by atoms with Gasteiger partial charge in [-0.25, -0.2) is 4.98 Å². The van der Waals surface area contributed by atoms with Crippen LogP contribution in [0, 0.1) is 17.8 Å². The molecule has 2 saturated carbocycles. The quantitative estimate of drug-likeness (QED) is 0.875. The first-order chi connectivity index (χ1) is 11.6. The smallest absolute Gasteiger partial charge is 0.225 e. The predicted molar refractivity (Wildman–Crippen MR) is 98.0 cm³/mol. The van der Waals surface area contributed by atoms with Crippen LogP contribution in [0.4, 0.5) is 0 Å². The molecule has 5 unspecified atom stereocenters. The van der Waals surface area contributed by atoms with Gasteiger partial charge in [-0.15, -0.1) is 12.4 Å². The van der Waals surface area contributed by atoms with Gasteiger partial charge in [-0.2, -0.15) is 0 Å². The summed E-state index contributed by atoms with van der Waals surface area (Å²) < 4.78 is 5.83. The molecule has 0 spiro atoms. The Morgan fingerprint density at radius 2 is 2.00 bits per heavy atom. The van der Waals surface area contributed by atoms with Gasteiger partial charge >= 0.3 is 0 Å². The number of carbonyl (C=O) groups excluding carboxylic acids is 1. The zero-order valence-corrected chi connectivity index (χ0v) is 15.0. The number of nitrogens with two attached hydrogens (primary N) is 1. The first-order valence-corrected chi connectivity index (χ1v) is 8.70. The van der Waals surface area contributed by atoms with Gasteiger partial charge in [0.2, 0.25) is 11.8 Å². The second-order valence-electron chi connectivity index (χ2n) is 7.10. The molecule has 3 N–H and O–H groups in total. The fraction of sp³-hybridized carbons (Fsp3) is 0.474. The Kier molecular flexibility index (Phi) is 5.16. The second kappa shape index (κ2) is 7.18. The van der Waals surface area contributed by atoms with Gasteiger partial charge in [0, 0.05) is 11.6 Å². The maximum absolute atomic E-state index is 12.6. The number of nitrogens with zero attached hydrogens (tertiary/aromatic N) is 1. The molecule has 1 aromatic heterocycles. The zero-order chi connectivity index (χ0) is 16.7. The zero-order valence-electron chi connectivity index (χ0n) is 14.2. The molecule has 0 aliphatic heterocycles. The summed E-state index contributed by atoms with van der Waals surface area (Å²) in [5.41, 5.74) is 7.24. The van der Waals surface area contributed by atoms with E-state index in [4.69, 9.17) is 10.2 Å². The Morgan fingerprint density at radius 3 is 2.68 bits per heavy atom. The molecule has 0 saturated heterocycles. The number of hydrogen-bond donors (Lipinski definition) is 2. The number of fused-ring (bicyclic) bond motifs is 2.